The van der Waals surface area contributed by atoms with Crippen LogP contribution in [0.5, 0.6) is 0 Å². The highest BCUT2D eigenvalue weighted by Crippen LogP contribution is 2.29. The molecule has 0 aromatic carbocycles. The Labute approximate surface area is 99.8 Å². The van der Waals surface area contributed by atoms with E-state index in [1.807, 2.05) is 0 Å². The topological polar surface area (TPSA) is 32.7 Å². The average molecular weight is 229 g/mol. The summed E-state index contributed by atoms with van der Waals surface area (Å²) in [7, 11) is 3.86. The zero-order valence-electron chi connectivity index (χ0n) is 11.1. The van der Waals surface area contributed by atoms with Crippen LogP contribution < -0.4 is 0 Å². The van der Waals surface area contributed by atoms with E-state index in [2.05, 4.69) is 25.8 Å². The number of ether oxygens (including phenoxy) is 1. The van der Waals surface area contributed by atoms with E-state index in [-0.39, 0.29) is 6.10 Å². The molecule has 0 heterocycles. The van der Waals surface area contributed by atoms with Gasteiger partial charge in [-0.05, 0) is 45.1 Å². The van der Waals surface area contributed by atoms with Gasteiger partial charge in [-0.2, -0.15) is 0 Å². The summed E-state index contributed by atoms with van der Waals surface area (Å²) >= 11 is 0. The fourth-order valence-electron chi connectivity index (χ4n) is 2.60. The van der Waals surface area contributed by atoms with Crippen LogP contribution in [0.2, 0.25) is 0 Å². The van der Waals surface area contributed by atoms with Crippen molar-refractivity contribution in [2.24, 2.45) is 11.8 Å². The van der Waals surface area contributed by atoms with Gasteiger partial charge in [-0.3, -0.25) is 0 Å². The number of likely N-dealkylation sites (N-methyl/N-ethyl adjacent to an activating group) is 1. The molecule has 1 N–H and O–H groups in total. The van der Waals surface area contributed by atoms with E-state index < -0.39 is 0 Å². The van der Waals surface area contributed by atoms with Crippen LogP contribution in [0, 0.1) is 11.8 Å². The van der Waals surface area contributed by atoms with Crippen LogP contribution in [0.3, 0.4) is 0 Å². The standard InChI is InChI=1S/C13H27NO2/c1-10-5-6-13(15)12(7-10)8-14(3)11(2)9-16-4/h10-13,15H,5-9H2,1-4H3. The second-order valence-electron chi connectivity index (χ2n) is 5.49. The number of hydrogen-bond acceptors (Lipinski definition) is 3. The predicted octanol–water partition coefficient (Wildman–Crippen LogP) is 1.75. The maximum absolute atomic E-state index is 9.99. The number of aliphatic hydroxyl groups excluding tert-OH is 1. The van der Waals surface area contributed by atoms with E-state index in [0.29, 0.717) is 12.0 Å². The molecule has 0 aromatic rings. The highest BCUT2D eigenvalue weighted by molar-refractivity contribution is 4.81. The lowest BCUT2D eigenvalue weighted by atomic mass is 9.80. The van der Waals surface area contributed by atoms with Crippen LogP contribution in [0.4, 0.5) is 0 Å². The normalized spacial score (nSPS) is 33.0. The minimum Gasteiger partial charge on any atom is -0.393 e. The molecule has 1 fully saturated rings. The molecule has 16 heavy (non-hydrogen) atoms. The van der Waals surface area contributed by atoms with Gasteiger partial charge < -0.3 is 14.7 Å². The molecule has 0 spiro atoms. The first-order valence-corrected chi connectivity index (χ1v) is 6.41. The summed E-state index contributed by atoms with van der Waals surface area (Å²) in [5, 5.41) is 9.99. The third-order valence-electron chi connectivity index (χ3n) is 3.89. The smallest absolute Gasteiger partial charge is 0.0615 e. The van der Waals surface area contributed by atoms with Crippen molar-refractivity contribution in [1.29, 1.82) is 0 Å². The molecule has 1 saturated carbocycles. The molecule has 0 amide bonds. The molecule has 1 rings (SSSR count). The first kappa shape index (κ1) is 13.9. The lowest BCUT2D eigenvalue weighted by Crippen LogP contribution is -2.41. The van der Waals surface area contributed by atoms with Gasteiger partial charge in [0.05, 0.1) is 12.7 Å². The summed E-state index contributed by atoms with van der Waals surface area (Å²) in [6.45, 7) is 6.20. The van der Waals surface area contributed by atoms with E-state index in [9.17, 15) is 5.11 Å². The monoisotopic (exact) mass is 229 g/mol. The van der Waals surface area contributed by atoms with E-state index >= 15 is 0 Å². The molecule has 96 valence electrons. The highest BCUT2D eigenvalue weighted by atomic mass is 16.5. The third kappa shape index (κ3) is 4.04. The van der Waals surface area contributed by atoms with Gasteiger partial charge in [0.25, 0.3) is 0 Å². The Morgan fingerprint density at radius 1 is 1.44 bits per heavy atom. The molecular formula is C13H27NO2. The van der Waals surface area contributed by atoms with Gasteiger partial charge in [-0.15, -0.1) is 0 Å². The third-order valence-corrected chi connectivity index (χ3v) is 3.89. The Balaban J connectivity index is 2.39. The molecule has 0 aliphatic heterocycles. The summed E-state index contributed by atoms with van der Waals surface area (Å²) in [4.78, 5) is 2.30. The Morgan fingerprint density at radius 2 is 2.12 bits per heavy atom. The van der Waals surface area contributed by atoms with Gasteiger partial charge in [0.15, 0.2) is 0 Å². The van der Waals surface area contributed by atoms with Crippen LogP contribution in [0.1, 0.15) is 33.1 Å². The lowest BCUT2D eigenvalue weighted by molar-refractivity contribution is 0.0204. The molecule has 1 aliphatic rings. The Hall–Kier alpha value is -0.120. The summed E-state index contributed by atoms with van der Waals surface area (Å²) in [5.74, 6) is 1.20. The number of aliphatic hydroxyl groups is 1. The fourth-order valence-corrected chi connectivity index (χ4v) is 2.60. The summed E-state index contributed by atoms with van der Waals surface area (Å²) in [6, 6.07) is 0.425. The number of nitrogens with zero attached hydrogens (tertiary/aromatic N) is 1. The van der Waals surface area contributed by atoms with Gasteiger partial charge in [0.2, 0.25) is 0 Å². The molecule has 1 aliphatic carbocycles. The first-order valence-electron chi connectivity index (χ1n) is 6.41. The van der Waals surface area contributed by atoms with E-state index in [0.717, 1.165) is 31.9 Å². The van der Waals surface area contributed by atoms with Crippen molar-refractivity contribution in [2.75, 3.05) is 27.3 Å². The van der Waals surface area contributed by atoms with Crippen molar-refractivity contribution in [1.82, 2.24) is 4.90 Å². The predicted molar refractivity (Wildman–Crippen MR) is 66.5 cm³/mol. The Bertz CT molecular complexity index is 198. The summed E-state index contributed by atoms with van der Waals surface area (Å²) in [6.07, 6.45) is 3.20. The Kier molecular flexibility index (Phi) is 5.73. The van der Waals surface area contributed by atoms with Crippen molar-refractivity contribution in [3.63, 3.8) is 0 Å². The molecule has 4 atom stereocenters. The fraction of sp³-hybridized carbons (Fsp3) is 1.00. The van der Waals surface area contributed by atoms with Crippen LogP contribution in [-0.2, 0) is 4.74 Å². The van der Waals surface area contributed by atoms with E-state index in [4.69, 9.17) is 4.74 Å². The molecule has 0 aromatic heterocycles. The second-order valence-corrected chi connectivity index (χ2v) is 5.49. The van der Waals surface area contributed by atoms with Crippen LogP contribution >= 0.6 is 0 Å². The largest absolute Gasteiger partial charge is 0.393 e. The minimum absolute atomic E-state index is 0.103. The van der Waals surface area contributed by atoms with Gasteiger partial charge in [-0.1, -0.05) is 6.92 Å². The number of methoxy groups -OCH3 is 1. The van der Waals surface area contributed by atoms with Gasteiger partial charge in [0, 0.05) is 19.7 Å². The van der Waals surface area contributed by atoms with Crippen molar-refractivity contribution in [3.05, 3.63) is 0 Å². The maximum atomic E-state index is 9.99. The Morgan fingerprint density at radius 3 is 2.75 bits per heavy atom. The first-order chi connectivity index (χ1) is 7.54. The van der Waals surface area contributed by atoms with Crippen LogP contribution in [0.15, 0.2) is 0 Å². The molecular weight excluding hydrogens is 202 g/mol. The molecule has 3 heteroatoms. The zero-order valence-corrected chi connectivity index (χ0v) is 11.1. The number of rotatable bonds is 5. The van der Waals surface area contributed by atoms with Crippen molar-refractivity contribution >= 4 is 0 Å². The van der Waals surface area contributed by atoms with E-state index in [1.165, 1.54) is 6.42 Å². The highest BCUT2D eigenvalue weighted by Gasteiger charge is 2.28. The quantitative estimate of drug-likeness (QED) is 0.779. The molecule has 0 saturated heterocycles. The SMILES string of the molecule is COCC(C)N(C)CC1CC(C)CCC1O. The van der Waals surface area contributed by atoms with Gasteiger partial charge in [-0.25, -0.2) is 0 Å². The maximum Gasteiger partial charge on any atom is 0.0615 e. The molecule has 0 bridgehead atoms. The molecule has 0 radical (unpaired) electrons. The zero-order chi connectivity index (χ0) is 12.1. The van der Waals surface area contributed by atoms with Gasteiger partial charge >= 0.3 is 0 Å². The van der Waals surface area contributed by atoms with Crippen LogP contribution in [-0.4, -0.2) is 49.5 Å². The van der Waals surface area contributed by atoms with E-state index in [1.54, 1.807) is 7.11 Å². The van der Waals surface area contributed by atoms with Crippen molar-refractivity contribution in [2.45, 2.75) is 45.3 Å². The van der Waals surface area contributed by atoms with Crippen LogP contribution in [0.25, 0.3) is 0 Å². The average Bonchev–Trinajstić information content (AvgIpc) is 2.23. The minimum atomic E-state index is -0.103. The van der Waals surface area contributed by atoms with Crippen molar-refractivity contribution < 1.29 is 9.84 Å². The van der Waals surface area contributed by atoms with Gasteiger partial charge in [0.1, 0.15) is 0 Å². The van der Waals surface area contributed by atoms with Crippen molar-refractivity contribution in [3.8, 4) is 0 Å². The second kappa shape index (κ2) is 6.58. The molecule has 4 unspecified atom stereocenters. The molecule has 3 nitrogen and oxygen atoms in total. The summed E-state index contributed by atoms with van der Waals surface area (Å²) < 4.78 is 5.16. The number of hydrogen-bond donors (Lipinski definition) is 1. The summed E-state index contributed by atoms with van der Waals surface area (Å²) in [5.41, 5.74) is 0. The lowest BCUT2D eigenvalue weighted by Gasteiger charge is -2.36.